The van der Waals surface area contributed by atoms with Crippen LogP contribution in [0.4, 0.5) is 10.1 Å². The Morgan fingerprint density at radius 1 is 1.16 bits per heavy atom. The highest BCUT2D eigenvalue weighted by molar-refractivity contribution is 7.10. The van der Waals surface area contributed by atoms with Gasteiger partial charge >= 0.3 is 0 Å². The lowest BCUT2D eigenvalue weighted by molar-refractivity contribution is -0.132. The third kappa shape index (κ3) is 3.91. The van der Waals surface area contributed by atoms with Gasteiger partial charge in [-0.1, -0.05) is 19.1 Å². The molecule has 0 bridgehead atoms. The monoisotopic (exact) mass is 451 g/mol. The van der Waals surface area contributed by atoms with Crippen molar-refractivity contribution in [3.63, 3.8) is 0 Å². The van der Waals surface area contributed by atoms with Crippen LogP contribution in [0, 0.1) is 12.7 Å². The second-order valence-corrected chi connectivity index (χ2v) is 8.47. The van der Waals surface area contributed by atoms with Crippen molar-refractivity contribution in [2.75, 3.05) is 11.5 Å². The lowest BCUT2D eigenvalue weighted by Gasteiger charge is -2.24. The highest BCUT2D eigenvalue weighted by atomic mass is 32.1. The second-order valence-electron chi connectivity index (χ2n) is 7.49. The molecule has 1 aromatic heterocycles. The number of aliphatic hydroxyl groups excluding tert-OH is 1. The SMILES string of the molecule is CCCOc1ccc(/C(O)=C2/C(=O)C(=O)N(c3cccc(F)c3)C2c2cccs2)cc1C. The van der Waals surface area contributed by atoms with Gasteiger partial charge in [-0.15, -0.1) is 11.3 Å². The van der Waals surface area contributed by atoms with Crippen molar-refractivity contribution in [2.24, 2.45) is 0 Å². The van der Waals surface area contributed by atoms with Gasteiger partial charge in [0, 0.05) is 16.1 Å². The number of carbonyl (C=O) groups excluding carboxylic acids is 2. The summed E-state index contributed by atoms with van der Waals surface area (Å²) in [4.78, 5) is 28.0. The van der Waals surface area contributed by atoms with Crippen molar-refractivity contribution in [3.8, 4) is 5.75 Å². The first-order chi connectivity index (χ1) is 15.4. The zero-order chi connectivity index (χ0) is 22.8. The van der Waals surface area contributed by atoms with Gasteiger partial charge in [-0.25, -0.2) is 4.39 Å². The molecule has 1 unspecified atom stereocenters. The fourth-order valence-corrected chi connectivity index (χ4v) is 4.59. The van der Waals surface area contributed by atoms with Crippen molar-refractivity contribution < 1.29 is 23.8 Å². The van der Waals surface area contributed by atoms with E-state index in [4.69, 9.17) is 4.74 Å². The molecule has 1 amide bonds. The Kier molecular flexibility index (Phi) is 6.10. The van der Waals surface area contributed by atoms with Crippen LogP contribution in [-0.2, 0) is 9.59 Å². The molecule has 3 aromatic rings. The molecule has 0 saturated carbocycles. The average Bonchev–Trinajstić information content (AvgIpc) is 3.39. The summed E-state index contributed by atoms with van der Waals surface area (Å²) in [6.45, 7) is 4.44. The van der Waals surface area contributed by atoms with Gasteiger partial charge in [0.25, 0.3) is 11.7 Å². The molecule has 32 heavy (non-hydrogen) atoms. The number of nitrogens with zero attached hydrogens (tertiary/aromatic N) is 1. The molecule has 2 aromatic carbocycles. The molecule has 2 heterocycles. The van der Waals surface area contributed by atoms with Crippen molar-refractivity contribution in [1.29, 1.82) is 0 Å². The zero-order valence-electron chi connectivity index (χ0n) is 17.7. The van der Waals surface area contributed by atoms with Crippen molar-refractivity contribution in [2.45, 2.75) is 26.3 Å². The highest BCUT2D eigenvalue weighted by Gasteiger charge is 2.47. The summed E-state index contributed by atoms with van der Waals surface area (Å²) in [5, 5.41) is 13.0. The summed E-state index contributed by atoms with van der Waals surface area (Å²) in [6.07, 6.45) is 0.867. The number of hydrogen-bond donors (Lipinski definition) is 1. The number of anilines is 1. The maximum atomic E-state index is 13.9. The van der Waals surface area contributed by atoms with Gasteiger partial charge in [-0.3, -0.25) is 14.5 Å². The van der Waals surface area contributed by atoms with Crippen LogP contribution in [0.25, 0.3) is 5.76 Å². The number of Topliss-reactive ketones (excluding diaryl/α,β-unsaturated/α-hetero) is 1. The summed E-state index contributed by atoms with van der Waals surface area (Å²) in [5.74, 6) is -1.72. The molecule has 0 radical (unpaired) electrons. The molecule has 1 aliphatic heterocycles. The van der Waals surface area contributed by atoms with Crippen LogP contribution in [0.3, 0.4) is 0 Å². The largest absolute Gasteiger partial charge is 0.507 e. The molecule has 5 nitrogen and oxygen atoms in total. The minimum atomic E-state index is -0.854. The molecule has 4 rings (SSSR count). The molecule has 164 valence electrons. The first kappa shape index (κ1) is 21.8. The summed E-state index contributed by atoms with van der Waals surface area (Å²) < 4.78 is 19.6. The van der Waals surface area contributed by atoms with E-state index >= 15 is 0 Å². The molecular weight excluding hydrogens is 429 g/mol. The Hall–Kier alpha value is -3.45. The normalized spacial score (nSPS) is 17.7. The standard InChI is InChI=1S/C25H22FNO4S/c1-3-11-31-19-10-9-16(13-15(19)2)23(28)21-22(20-8-5-12-32-20)27(25(30)24(21)29)18-7-4-6-17(26)14-18/h4-10,12-14,22,28H,3,11H2,1-2H3/b23-21-. The minimum Gasteiger partial charge on any atom is -0.507 e. The number of ether oxygens (including phenoxy) is 1. The average molecular weight is 452 g/mol. The second kappa shape index (κ2) is 8.96. The maximum Gasteiger partial charge on any atom is 0.300 e. The molecule has 1 fully saturated rings. The number of aryl methyl sites for hydroxylation is 1. The van der Waals surface area contributed by atoms with Crippen LogP contribution in [0.5, 0.6) is 5.75 Å². The summed E-state index contributed by atoms with van der Waals surface area (Å²) >= 11 is 1.35. The Morgan fingerprint density at radius 2 is 1.97 bits per heavy atom. The van der Waals surface area contributed by atoms with Gasteiger partial charge in [0.2, 0.25) is 0 Å². The fraction of sp³-hybridized carbons (Fsp3) is 0.200. The van der Waals surface area contributed by atoms with Gasteiger partial charge in [0.15, 0.2) is 0 Å². The van der Waals surface area contributed by atoms with Crippen molar-refractivity contribution in [3.05, 3.63) is 87.4 Å². The number of halogens is 1. The van der Waals surface area contributed by atoms with E-state index in [1.807, 2.05) is 19.2 Å². The topological polar surface area (TPSA) is 66.8 Å². The molecule has 1 saturated heterocycles. The van der Waals surface area contributed by atoms with E-state index < -0.39 is 23.5 Å². The van der Waals surface area contributed by atoms with E-state index in [0.29, 0.717) is 22.8 Å². The molecule has 0 aliphatic carbocycles. The van der Waals surface area contributed by atoms with E-state index in [-0.39, 0.29) is 17.0 Å². The lowest BCUT2D eigenvalue weighted by atomic mass is 9.98. The van der Waals surface area contributed by atoms with Gasteiger partial charge < -0.3 is 9.84 Å². The quantitative estimate of drug-likeness (QED) is 0.301. The van der Waals surface area contributed by atoms with E-state index in [1.165, 1.54) is 34.4 Å². The van der Waals surface area contributed by atoms with Crippen molar-refractivity contribution in [1.82, 2.24) is 0 Å². The number of thiophene rings is 1. The number of aliphatic hydroxyl groups is 1. The van der Waals surface area contributed by atoms with Gasteiger partial charge in [-0.05, 0) is 66.8 Å². The van der Waals surface area contributed by atoms with Gasteiger partial charge in [0.1, 0.15) is 23.4 Å². The van der Waals surface area contributed by atoms with E-state index in [1.54, 1.807) is 36.4 Å². The predicted octanol–water partition coefficient (Wildman–Crippen LogP) is 5.61. The Morgan fingerprint density at radius 3 is 2.62 bits per heavy atom. The number of ketones is 1. The number of amides is 1. The zero-order valence-corrected chi connectivity index (χ0v) is 18.5. The number of carbonyl (C=O) groups is 2. The number of hydrogen-bond acceptors (Lipinski definition) is 5. The van der Waals surface area contributed by atoms with Gasteiger partial charge in [-0.2, -0.15) is 0 Å². The molecule has 7 heteroatoms. The van der Waals surface area contributed by atoms with Crippen LogP contribution < -0.4 is 9.64 Å². The van der Waals surface area contributed by atoms with E-state index in [9.17, 15) is 19.1 Å². The van der Waals surface area contributed by atoms with Gasteiger partial charge in [0.05, 0.1) is 12.2 Å². The fourth-order valence-electron chi connectivity index (χ4n) is 3.77. The number of benzene rings is 2. The first-order valence-electron chi connectivity index (χ1n) is 10.3. The van der Waals surface area contributed by atoms with Crippen LogP contribution in [0.2, 0.25) is 0 Å². The lowest BCUT2D eigenvalue weighted by Crippen LogP contribution is -2.29. The summed E-state index contributed by atoms with van der Waals surface area (Å²) in [5.41, 5.74) is 1.44. The first-order valence-corrected chi connectivity index (χ1v) is 11.1. The van der Waals surface area contributed by atoms with E-state index in [2.05, 4.69) is 0 Å². The molecule has 0 spiro atoms. The highest BCUT2D eigenvalue weighted by Crippen LogP contribution is 2.43. The third-order valence-electron chi connectivity index (χ3n) is 5.25. The molecular formula is C25H22FNO4S. The van der Waals surface area contributed by atoms with Crippen LogP contribution in [-0.4, -0.2) is 23.4 Å². The maximum absolute atomic E-state index is 13.9. The minimum absolute atomic E-state index is 0.0247. The van der Waals surface area contributed by atoms with E-state index in [0.717, 1.165) is 12.0 Å². The summed E-state index contributed by atoms with van der Waals surface area (Å²) in [7, 11) is 0. The predicted molar refractivity (Wildman–Crippen MR) is 122 cm³/mol. The van der Waals surface area contributed by atoms with Crippen LogP contribution in [0.1, 0.15) is 35.4 Å². The number of rotatable bonds is 6. The summed E-state index contributed by atoms with van der Waals surface area (Å²) in [6, 6.07) is 13.4. The van der Waals surface area contributed by atoms with Crippen LogP contribution >= 0.6 is 11.3 Å². The Labute approximate surface area is 189 Å². The molecule has 1 aliphatic rings. The van der Waals surface area contributed by atoms with Crippen molar-refractivity contribution >= 4 is 34.5 Å². The third-order valence-corrected chi connectivity index (χ3v) is 6.18. The van der Waals surface area contributed by atoms with Crippen LogP contribution in [0.15, 0.2) is 65.6 Å². The smallest absolute Gasteiger partial charge is 0.300 e. The molecule has 1 N–H and O–H groups in total. The molecule has 1 atom stereocenters. The Bertz CT molecular complexity index is 1200. The Balaban J connectivity index is 1.84.